The van der Waals surface area contributed by atoms with Crippen LogP contribution in [0.1, 0.15) is 17.3 Å². The molecule has 2 nitrogen and oxygen atoms in total. The van der Waals surface area contributed by atoms with Crippen molar-refractivity contribution in [2.24, 2.45) is 0 Å². The lowest BCUT2D eigenvalue weighted by atomic mass is 10.1. The monoisotopic (exact) mass is 185 g/mol. The van der Waals surface area contributed by atoms with E-state index in [1.807, 2.05) is 20.2 Å². The maximum Gasteiger partial charge on any atom is 0.0457 e. The highest BCUT2D eigenvalue weighted by Crippen LogP contribution is 2.25. The topological polar surface area (TPSA) is 23.5 Å². The van der Waals surface area contributed by atoms with Crippen LogP contribution in [0.15, 0.2) is 17.5 Å². The Balaban J connectivity index is 2.66. The van der Waals surface area contributed by atoms with Gasteiger partial charge in [0.15, 0.2) is 0 Å². The number of aliphatic hydroxyl groups is 1. The molecule has 0 saturated heterocycles. The van der Waals surface area contributed by atoms with E-state index in [4.69, 9.17) is 5.11 Å². The highest BCUT2D eigenvalue weighted by molar-refractivity contribution is 7.10. The van der Waals surface area contributed by atoms with Crippen LogP contribution in [-0.4, -0.2) is 30.7 Å². The molecule has 1 atom stereocenters. The summed E-state index contributed by atoms with van der Waals surface area (Å²) in [6, 6.07) is 4.54. The normalized spacial score (nSPS) is 13.7. The zero-order chi connectivity index (χ0) is 8.97. The summed E-state index contributed by atoms with van der Waals surface area (Å²) in [5, 5.41) is 10.9. The molecule has 1 N–H and O–H groups in total. The number of thiophene rings is 1. The fraction of sp³-hybridized carbons (Fsp3) is 0.556. The van der Waals surface area contributed by atoms with Gasteiger partial charge in [-0.15, -0.1) is 11.3 Å². The SMILES string of the molecule is CN(C)[C@@H](CCO)c1cccs1. The maximum absolute atomic E-state index is 8.86. The Morgan fingerprint density at radius 1 is 1.58 bits per heavy atom. The smallest absolute Gasteiger partial charge is 0.0457 e. The van der Waals surface area contributed by atoms with E-state index in [0.29, 0.717) is 6.04 Å². The molecule has 0 unspecified atom stereocenters. The van der Waals surface area contributed by atoms with Gasteiger partial charge in [-0.05, 0) is 32.0 Å². The quantitative estimate of drug-likeness (QED) is 0.772. The van der Waals surface area contributed by atoms with E-state index in [-0.39, 0.29) is 6.61 Å². The molecule has 0 fully saturated rings. The predicted octanol–water partition coefficient (Wildman–Crippen LogP) is 1.73. The standard InChI is InChI=1S/C9H15NOS/c1-10(2)8(5-6-11)9-4-3-7-12-9/h3-4,7-8,11H,5-6H2,1-2H3/t8-/m0/s1. The van der Waals surface area contributed by atoms with Gasteiger partial charge >= 0.3 is 0 Å². The fourth-order valence-corrected chi connectivity index (χ4v) is 2.22. The first-order chi connectivity index (χ1) is 5.75. The summed E-state index contributed by atoms with van der Waals surface area (Å²) in [5.74, 6) is 0. The van der Waals surface area contributed by atoms with Gasteiger partial charge in [-0.25, -0.2) is 0 Å². The van der Waals surface area contributed by atoms with Crippen LogP contribution in [0.3, 0.4) is 0 Å². The maximum atomic E-state index is 8.86. The van der Waals surface area contributed by atoms with Gasteiger partial charge in [0.25, 0.3) is 0 Å². The second-order valence-corrected chi connectivity index (χ2v) is 3.99. The Morgan fingerprint density at radius 3 is 2.75 bits per heavy atom. The van der Waals surface area contributed by atoms with Crippen LogP contribution < -0.4 is 0 Å². The summed E-state index contributed by atoms with van der Waals surface area (Å²) in [6.45, 7) is 0.251. The first-order valence-electron chi connectivity index (χ1n) is 4.06. The molecule has 0 spiro atoms. The molecule has 1 aromatic rings. The molecular formula is C9H15NOS. The minimum atomic E-state index is 0.251. The highest BCUT2D eigenvalue weighted by atomic mass is 32.1. The number of hydrogen-bond donors (Lipinski definition) is 1. The van der Waals surface area contributed by atoms with Crippen LogP contribution >= 0.6 is 11.3 Å². The number of rotatable bonds is 4. The molecule has 0 aromatic carbocycles. The van der Waals surface area contributed by atoms with E-state index in [2.05, 4.69) is 16.3 Å². The molecule has 3 heteroatoms. The van der Waals surface area contributed by atoms with Gasteiger partial charge in [-0.3, -0.25) is 0 Å². The Bertz CT molecular complexity index is 208. The third-order valence-corrected chi connectivity index (χ3v) is 2.87. The largest absolute Gasteiger partial charge is 0.396 e. The summed E-state index contributed by atoms with van der Waals surface area (Å²) in [4.78, 5) is 3.47. The summed E-state index contributed by atoms with van der Waals surface area (Å²) in [5.41, 5.74) is 0. The Labute approximate surface area is 77.5 Å². The van der Waals surface area contributed by atoms with E-state index in [9.17, 15) is 0 Å². The van der Waals surface area contributed by atoms with E-state index in [1.165, 1.54) is 4.88 Å². The lowest BCUT2D eigenvalue weighted by molar-refractivity contribution is 0.213. The van der Waals surface area contributed by atoms with Gasteiger partial charge in [0.05, 0.1) is 0 Å². The van der Waals surface area contributed by atoms with E-state index in [1.54, 1.807) is 11.3 Å². The fourth-order valence-electron chi connectivity index (χ4n) is 1.26. The number of hydrogen-bond acceptors (Lipinski definition) is 3. The molecule has 1 rings (SSSR count). The molecule has 0 aliphatic rings. The molecule has 12 heavy (non-hydrogen) atoms. The molecule has 1 aromatic heterocycles. The second-order valence-electron chi connectivity index (χ2n) is 3.01. The molecule has 0 amide bonds. The van der Waals surface area contributed by atoms with E-state index < -0.39 is 0 Å². The number of nitrogens with zero attached hydrogens (tertiary/aromatic N) is 1. The second kappa shape index (κ2) is 4.60. The van der Waals surface area contributed by atoms with Gasteiger partial charge in [-0.2, -0.15) is 0 Å². The Kier molecular flexibility index (Phi) is 3.72. The van der Waals surface area contributed by atoms with Crippen molar-refractivity contribution in [3.05, 3.63) is 22.4 Å². The minimum Gasteiger partial charge on any atom is -0.396 e. The molecule has 68 valence electrons. The van der Waals surface area contributed by atoms with E-state index in [0.717, 1.165) is 6.42 Å². The van der Waals surface area contributed by atoms with Crippen molar-refractivity contribution >= 4 is 11.3 Å². The third-order valence-electron chi connectivity index (χ3n) is 1.90. The van der Waals surface area contributed by atoms with Gasteiger partial charge in [0, 0.05) is 17.5 Å². The lowest BCUT2D eigenvalue weighted by Crippen LogP contribution is -2.19. The Morgan fingerprint density at radius 2 is 2.33 bits per heavy atom. The summed E-state index contributed by atoms with van der Waals surface area (Å²) < 4.78 is 0. The molecular weight excluding hydrogens is 170 g/mol. The van der Waals surface area contributed by atoms with Crippen LogP contribution in [0.4, 0.5) is 0 Å². The van der Waals surface area contributed by atoms with Gasteiger partial charge in [-0.1, -0.05) is 6.07 Å². The summed E-state index contributed by atoms with van der Waals surface area (Å²) in [6.07, 6.45) is 0.813. The first-order valence-corrected chi connectivity index (χ1v) is 4.94. The molecule has 1 heterocycles. The van der Waals surface area contributed by atoms with Crippen LogP contribution in [0.5, 0.6) is 0 Å². The van der Waals surface area contributed by atoms with Crippen LogP contribution in [0.2, 0.25) is 0 Å². The van der Waals surface area contributed by atoms with E-state index >= 15 is 0 Å². The van der Waals surface area contributed by atoms with Crippen LogP contribution in [0.25, 0.3) is 0 Å². The average molecular weight is 185 g/mol. The Hall–Kier alpha value is -0.380. The average Bonchev–Trinajstić information content (AvgIpc) is 2.51. The van der Waals surface area contributed by atoms with Gasteiger partial charge in [0.2, 0.25) is 0 Å². The van der Waals surface area contributed by atoms with Gasteiger partial charge < -0.3 is 10.0 Å². The van der Waals surface area contributed by atoms with Crippen molar-refractivity contribution in [3.8, 4) is 0 Å². The lowest BCUT2D eigenvalue weighted by Gasteiger charge is -2.21. The zero-order valence-corrected chi connectivity index (χ0v) is 8.34. The number of aliphatic hydroxyl groups excluding tert-OH is 1. The van der Waals surface area contributed by atoms with Crippen LogP contribution in [0, 0.1) is 0 Å². The van der Waals surface area contributed by atoms with Crippen LogP contribution in [-0.2, 0) is 0 Å². The highest BCUT2D eigenvalue weighted by Gasteiger charge is 2.13. The van der Waals surface area contributed by atoms with Gasteiger partial charge in [0.1, 0.15) is 0 Å². The first kappa shape index (κ1) is 9.71. The van der Waals surface area contributed by atoms with Crippen molar-refractivity contribution < 1.29 is 5.11 Å². The molecule has 0 aliphatic heterocycles. The molecule has 0 saturated carbocycles. The van der Waals surface area contributed by atoms with Crippen molar-refractivity contribution in [1.29, 1.82) is 0 Å². The van der Waals surface area contributed by atoms with Crippen molar-refractivity contribution in [3.63, 3.8) is 0 Å². The molecule has 0 radical (unpaired) electrons. The molecule has 0 bridgehead atoms. The summed E-state index contributed by atoms with van der Waals surface area (Å²) >= 11 is 1.75. The van der Waals surface area contributed by atoms with Crippen molar-refractivity contribution in [2.75, 3.05) is 20.7 Å². The van der Waals surface area contributed by atoms with Crippen molar-refractivity contribution in [1.82, 2.24) is 4.90 Å². The predicted molar refractivity (Wildman–Crippen MR) is 52.4 cm³/mol. The minimum absolute atomic E-state index is 0.251. The molecule has 0 aliphatic carbocycles. The summed E-state index contributed by atoms with van der Waals surface area (Å²) in [7, 11) is 4.08. The third kappa shape index (κ3) is 2.30. The van der Waals surface area contributed by atoms with Crippen molar-refractivity contribution in [2.45, 2.75) is 12.5 Å². The zero-order valence-electron chi connectivity index (χ0n) is 7.53.